The summed E-state index contributed by atoms with van der Waals surface area (Å²) in [6, 6.07) is 51.4. The van der Waals surface area contributed by atoms with Crippen molar-refractivity contribution in [2.24, 2.45) is 0 Å². The molecule has 0 radical (unpaired) electrons. The molecule has 4 aromatic heterocycles. The predicted molar refractivity (Wildman–Crippen MR) is 198 cm³/mol. The highest BCUT2D eigenvalue weighted by atomic mass is 15.2. The van der Waals surface area contributed by atoms with Crippen molar-refractivity contribution in [3.8, 4) is 17.2 Å². The van der Waals surface area contributed by atoms with E-state index in [1.807, 2.05) is 6.07 Å². The second-order valence-electron chi connectivity index (χ2n) is 12.5. The third-order valence-corrected chi connectivity index (χ3v) is 9.89. The maximum absolute atomic E-state index is 5.48. The molecule has 0 fully saturated rings. The molecule has 11 aromatic rings. The normalized spacial score (nSPS) is 12.2. The predicted octanol–water partition coefficient (Wildman–Crippen LogP) is 10.7. The Morgan fingerprint density at radius 1 is 0.458 bits per heavy atom. The van der Waals surface area contributed by atoms with E-state index in [2.05, 4.69) is 155 Å². The van der Waals surface area contributed by atoms with Crippen LogP contribution in [-0.4, -0.2) is 23.9 Å². The minimum atomic E-state index is 0.645. The van der Waals surface area contributed by atoms with Gasteiger partial charge in [0.15, 0.2) is 0 Å². The summed E-state index contributed by atoms with van der Waals surface area (Å²) < 4.78 is 4.46. The van der Waals surface area contributed by atoms with Gasteiger partial charge in [0.25, 0.3) is 0 Å². The van der Waals surface area contributed by atoms with E-state index in [9.17, 15) is 0 Å². The maximum Gasteiger partial charge on any atom is 0.235 e. The van der Waals surface area contributed by atoms with Crippen LogP contribution in [0.15, 0.2) is 152 Å². The van der Waals surface area contributed by atoms with Crippen molar-refractivity contribution >= 4 is 81.7 Å². The number of benzene rings is 7. The quantitative estimate of drug-likeness (QED) is 0.183. The standard InChI is InChI=1S/C43H25N5/c1-2-13-27(14-3-1)40-33-22-21-26-12-4-5-15-28(26)41(33)46-43(45-40)48-36-25-37-35(44-38-20-10-11-23-47(37)38)24-34(36)39-31-18-8-6-16-29(31)30-17-7-9-19-32(30)42(39)48/h1-25H. The van der Waals surface area contributed by atoms with Gasteiger partial charge in [0.1, 0.15) is 5.65 Å². The van der Waals surface area contributed by atoms with Crippen LogP contribution in [-0.2, 0) is 0 Å². The van der Waals surface area contributed by atoms with Crippen LogP contribution in [0.3, 0.4) is 0 Å². The highest BCUT2D eigenvalue weighted by Crippen LogP contribution is 2.44. The van der Waals surface area contributed by atoms with Gasteiger partial charge in [0.2, 0.25) is 5.95 Å². The van der Waals surface area contributed by atoms with E-state index < -0.39 is 0 Å². The molecule has 0 aliphatic carbocycles. The molecule has 4 heterocycles. The minimum Gasteiger partial charge on any atom is -0.300 e. The van der Waals surface area contributed by atoms with Crippen molar-refractivity contribution in [2.75, 3.05) is 0 Å². The van der Waals surface area contributed by atoms with E-state index in [1.54, 1.807) is 0 Å². The second-order valence-corrected chi connectivity index (χ2v) is 12.5. The van der Waals surface area contributed by atoms with Crippen LogP contribution < -0.4 is 0 Å². The van der Waals surface area contributed by atoms with E-state index in [4.69, 9.17) is 15.0 Å². The van der Waals surface area contributed by atoms with Crippen molar-refractivity contribution in [1.29, 1.82) is 0 Å². The van der Waals surface area contributed by atoms with Gasteiger partial charge in [-0.3, -0.25) is 8.97 Å². The fraction of sp³-hybridized carbons (Fsp3) is 0. The molecule has 0 unspecified atom stereocenters. The first kappa shape index (κ1) is 25.6. The number of aromatic nitrogens is 5. The van der Waals surface area contributed by atoms with E-state index in [-0.39, 0.29) is 0 Å². The zero-order valence-electron chi connectivity index (χ0n) is 25.7. The number of pyridine rings is 1. The number of fused-ring (bicyclic) bond motifs is 14. The highest BCUT2D eigenvalue weighted by molar-refractivity contribution is 6.32. The number of rotatable bonds is 2. The Balaban J connectivity index is 1.41. The first-order valence-electron chi connectivity index (χ1n) is 16.2. The summed E-state index contributed by atoms with van der Waals surface area (Å²) in [7, 11) is 0. The van der Waals surface area contributed by atoms with Crippen molar-refractivity contribution < 1.29 is 0 Å². The monoisotopic (exact) mass is 611 g/mol. The molecule has 222 valence electrons. The van der Waals surface area contributed by atoms with Crippen molar-refractivity contribution in [3.63, 3.8) is 0 Å². The van der Waals surface area contributed by atoms with Gasteiger partial charge in [-0.15, -0.1) is 0 Å². The molecule has 0 aliphatic heterocycles. The molecule has 0 aliphatic rings. The lowest BCUT2D eigenvalue weighted by Crippen LogP contribution is -2.04. The Morgan fingerprint density at radius 2 is 1.17 bits per heavy atom. The molecule has 0 atom stereocenters. The lowest BCUT2D eigenvalue weighted by molar-refractivity contribution is 1.02. The number of hydrogen-bond donors (Lipinski definition) is 0. The average molecular weight is 612 g/mol. The van der Waals surface area contributed by atoms with Gasteiger partial charge < -0.3 is 0 Å². The summed E-state index contributed by atoms with van der Waals surface area (Å²) in [5.74, 6) is 0.645. The minimum absolute atomic E-state index is 0.645. The molecule has 0 saturated heterocycles. The van der Waals surface area contributed by atoms with E-state index in [0.717, 1.165) is 71.4 Å². The van der Waals surface area contributed by atoms with Crippen molar-refractivity contribution in [1.82, 2.24) is 23.9 Å². The Kier molecular flexibility index (Phi) is 5.05. The Morgan fingerprint density at radius 3 is 2.02 bits per heavy atom. The summed E-state index contributed by atoms with van der Waals surface area (Å²) >= 11 is 0. The lowest BCUT2D eigenvalue weighted by Gasteiger charge is -2.14. The first-order valence-corrected chi connectivity index (χ1v) is 16.2. The molecular weight excluding hydrogens is 587 g/mol. The van der Waals surface area contributed by atoms with E-state index in [1.165, 1.54) is 21.5 Å². The van der Waals surface area contributed by atoms with Crippen LogP contribution in [0, 0.1) is 0 Å². The SMILES string of the molecule is c1ccc(-c2nc(-n3c4cc5c(cc4c4c6ccccc6c6ccccc6c43)nc3ccccn35)nc3c2ccc2ccccc23)cc1. The largest absolute Gasteiger partial charge is 0.300 e. The topological polar surface area (TPSA) is 48.0 Å². The molecule has 0 N–H and O–H groups in total. The Bertz CT molecular complexity index is 3120. The van der Waals surface area contributed by atoms with E-state index in [0.29, 0.717) is 5.95 Å². The molecule has 5 heteroatoms. The Hall–Kier alpha value is -6.59. The van der Waals surface area contributed by atoms with E-state index >= 15 is 0 Å². The Labute approximate surface area is 274 Å². The molecule has 7 aromatic carbocycles. The fourth-order valence-electron chi connectivity index (χ4n) is 7.81. The molecule has 0 saturated carbocycles. The molecule has 11 rings (SSSR count). The van der Waals surface area contributed by atoms with Gasteiger partial charge in [0.05, 0.1) is 33.3 Å². The van der Waals surface area contributed by atoms with Gasteiger partial charge in [-0.05, 0) is 51.9 Å². The summed E-state index contributed by atoms with van der Waals surface area (Å²) in [4.78, 5) is 16.0. The van der Waals surface area contributed by atoms with Gasteiger partial charge in [-0.25, -0.2) is 15.0 Å². The van der Waals surface area contributed by atoms with Crippen LogP contribution in [0.4, 0.5) is 0 Å². The molecule has 5 nitrogen and oxygen atoms in total. The molecule has 0 spiro atoms. The van der Waals surface area contributed by atoms with Crippen LogP contribution in [0.2, 0.25) is 0 Å². The maximum atomic E-state index is 5.48. The molecule has 0 bridgehead atoms. The summed E-state index contributed by atoms with van der Waals surface area (Å²) in [5, 5.41) is 10.4. The van der Waals surface area contributed by atoms with Crippen molar-refractivity contribution in [3.05, 3.63) is 152 Å². The van der Waals surface area contributed by atoms with Crippen LogP contribution in [0.1, 0.15) is 0 Å². The van der Waals surface area contributed by atoms with Gasteiger partial charge >= 0.3 is 0 Å². The van der Waals surface area contributed by atoms with Gasteiger partial charge in [-0.2, -0.15) is 0 Å². The number of hydrogen-bond acceptors (Lipinski definition) is 3. The number of imidazole rings is 1. The first-order chi connectivity index (χ1) is 23.8. The third kappa shape index (κ3) is 3.42. The summed E-state index contributed by atoms with van der Waals surface area (Å²) in [5.41, 5.74) is 7.98. The van der Waals surface area contributed by atoms with Crippen LogP contribution >= 0.6 is 0 Å². The smallest absolute Gasteiger partial charge is 0.235 e. The van der Waals surface area contributed by atoms with Gasteiger partial charge in [-0.1, -0.05) is 115 Å². The fourth-order valence-corrected chi connectivity index (χ4v) is 7.81. The highest BCUT2D eigenvalue weighted by Gasteiger charge is 2.23. The molecule has 48 heavy (non-hydrogen) atoms. The average Bonchev–Trinajstić information content (AvgIpc) is 3.69. The zero-order chi connectivity index (χ0) is 31.3. The van der Waals surface area contributed by atoms with Gasteiger partial charge in [0, 0.05) is 38.7 Å². The lowest BCUT2D eigenvalue weighted by atomic mass is 9.97. The summed E-state index contributed by atoms with van der Waals surface area (Å²) in [6.07, 6.45) is 2.08. The van der Waals surface area contributed by atoms with Crippen LogP contribution in [0.5, 0.6) is 0 Å². The summed E-state index contributed by atoms with van der Waals surface area (Å²) in [6.45, 7) is 0. The zero-order valence-corrected chi connectivity index (χ0v) is 25.7. The van der Waals surface area contributed by atoms with Crippen LogP contribution in [0.25, 0.3) is 98.9 Å². The molecule has 0 amide bonds. The second kappa shape index (κ2) is 9.47. The van der Waals surface area contributed by atoms with Crippen molar-refractivity contribution in [2.45, 2.75) is 0 Å². The molecular formula is C43H25N5. The third-order valence-electron chi connectivity index (χ3n) is 9.89. The number of nitrogens with zero attached hydrogens (tertiary/aromatic N) is 5.